The summed E-state index contributed by atoms with van der Waals surface area (Å²) in [5.74, 6) is -0.128. The molecule has 0 saturated heterocycles. The van der Waals surface area contributed by atoms with Crippen molar-refractivity contribution < 1.29 is 4.79 Å². The number of amides is 1. The molecule has 1 amide bonds. The summed E-state index contributed by atoms with van der Waals surface area (Å²) in [6, 6.07) is 5.70. The molecule has 1 aromatic rings. The number of nitriles is 1. The van der Waals surface area contributed by atoms with Gasteiger partial charge in [0.15, 0.2) is 0 Å². The molecule has 0 bridgehead atoms. The number of nitrogens with one attached hydrogen (secondary N) is 1. The van der Waals surface area contributed by atoms with Crippen molar-refractivity contribution in [2.24, 2.45) is 0 Å². The van der Waals surface area contributed by atoms with Gasteiger partial charge in [-0.3, -0.25) is 4.79 Å². The van der Waals surface area contributed by atoms with Crippen molar-refractivity contribution in [1.29, 1.82) is 5.26 Å². The van der Waals surface area contributed by atoms with E-state index in [1.807, 2.05) is 19.9 Å². The van der Waals surface area contributed by atoms with Crippen LogP contribution in [0.15, 0.2) is 18.3 Å². The smallest absolute Gasteiger partial charge is 0.272 e. The number of hydrogen-bond donors (Lipinski definition) is 1. The maximum absolute atomic E-state index is 12.4. The third-order valence-electron chi connectivity index (χ3n) is 2.91. The quantitative estimate of drug-likeness (QED) is 0.830. The highest BCUT2D eigenvalue weighted by Gasteiger charge is 2.19. The summed E-state index contributed by atoms with van der Waals surface area (Å²) >= 11 is 0. The molecule has 0 spiro atoms. The van der Waals surface area contributed by atoms with Gasteiger partial charge in [0.1, 0.15) is 5.69 Å². The molecule has 0 aliphatic carbocycles. The molecular weight excluding hydrogens is 252 g/mol. The lowest BCUT2D eigenvalue weighted by Gasteiger charge is -2.25. The maximum Gasteiger partial charge on any atom is 0.272 e. The van der Waals surface area contributed by atoms with E-state index in [1.54, 1.807) is 17.2 Å². The standard InChI is InChI=1S/C15H22N4O/c1-4-9-17-13-6-7-14(18-11-13)15(20)19(12(2)3)10-5-8-16/h6-7,11-12,17H,4-5,9-10H2,1-3H3. The van der Waals surface area contributed by atoms with Crippen LogP contribution in [0.4, 0.5) is 5.69 Å². The topological polar surface area (TPSA) is 69.0 Å². The van der Waals surface area contributed by atoms with Crippen LogP contribution in [-0.2, 0) is 0 Å². The van der Waals surface area contributed by atoms with Crippen molar-refractivity contribution in [3.8, 4) is 6.07 Å². The Morgan fingerprint density at radius 3 is 2.75 bits per heavy atom. The van der Waals surface area contributed by atoms with Crippen LogP contribution >= 0.6 is 0 Å². The normalized spacial score (nSPS) is 10.2. The van der Waals surface area contributed by atoms with Crippen LogP contribution in [0.25, 0.3) is 0 Å². The minimum absolute atomic E-state index is 0.0514. The van der Waals surface area contributed by atoms with Crippen molar-refractivity contribution in [3.05, 3.63) is 24.0 Å². The Labute approximate surface area is 120 Å². The molecule has 0 radical (unpaired) electrons. The molecule has 108 valence electrons. The molecule has 0 fully saturated rings. The van der Waals surface area contributed by atoms with Crippen LogP contribution in [0.3, 0.4) is 0 Å². The van der Waals surface area contributed by atoms with E-state index in [-0.39, 0.29) is 11.9 Å². The van der Waals surface area contributed by atoms with E-state index in [0.29, 0.717) is 18.7 Å². The molecule has 0 atom stereocenters. The Kier molecular flexibility index (Phi) is 6.51. The van der Waals surface area contributed by atoms with Crippen LogP contribution in [-0.4, -0.2) is 34.9 Å². The summed E-state index contributed by atoms with van der Waals surface area (Å²) in [7, 11) is 0. The first-order chi connectivity index (χ1) is 9.60. The SMILES string of the molecule is CCCNc1ccc(C(=O)N(CCC#N)C(C)C)nc1. The minimum Gasteiger partial charge on any atom is -0.384 e. The number of rotatable bonds is 7. The summed E-state index contributed by atoms with van der Waals surface area (Å²) in [4.78, 5) is 18.2. The van der Waals surface area contributed by atoms with Crippen LogP contribution in [0.5, 0.6) is 0 Å². The van der Waals surface area contributed by atoms with Gasteiger partial charge in [-0.05, 0) is 32.4 Å². The molecule has 1 N–H and O–H groups in total. The van der Waals surface area contributed by atoms with Gasteiger partial charge in [0, 0.05) is 19.1 Å². The molecule has 0 unspecified atom stereocenters. The number of aromatic nitrogens is 1. The predicted octanol–water partition coefficient (Wildman–Crippen LogP) is 2.67. The molecule has 0 saturated carbocycles. The Balaban J connectivity index is 2.76. The molecule has 0 aromatic carbocycles. The number of nitrogens with zero attached hydrogens (tertiary/aromatic N) is 3. The first-order valence-electron chi connectivity index (χ1n) is 6.98. The summed E-state index contributed by atoms with van der Waals surface area (Å²) < 4.78 is 0. The summed E-state index contributed by atoms with van der Waals surface area (Å²) in [6.45, 7) is 7.28. The van der Waals surface area contributed by atoms with Gasteiger partial charge in [-0.2, -0.15) is 5.26 Å². The fraction of sp³-hybridized carbons (Fsp3) is 0.533. The van der Waals surface area contributed by atoms with Crippen molar-refractivity contribution in [3.63, 3.8) is 0 Å². The second-order valence-corrected chi connectivity index (χ2v) is 4.86. The lowest BCUT2D eigenvalue weighted by Crippen LogP contribution is -2.38. The third kappa shape index (κ3) is 4.54. The number of carbonyl (C=O) groups excluding carboxylic acids is 1. The van der Waals surface area contributed by atoms with Crippen molar-refractivity contribution in [1.82, 2.24) is 9.88 Å². The molecule has 5 nitrogen and oxygen atoms in total. The Morgan fingerprint density at radius 2 is 2.25 bits per heavy atom. The largest absolute Gasteiger partial charge is 0.384 e. The predicted molar refractivity (Wildman–Crippen MR) is 79.4 cm³/mol. The Bertz CT molecular complexity index is 462. The zero-order valence-corrected chi connectivity index (χ0v) is 12.4. The van der Waals surface area contributed by atoms with Gasteiger partial charge >= 0.3 is 0 Å². The van der Waals surface area contributed by atoms with Gasteiger partial charge in [-0.25, -0.2) is 4.98 Å². The second kappa shape index (κ2) is 8.16. The summed E-state index contributed by atoms with van der Waals surface area (Å²) in [6.07, 6.45) is 3.04. The molecule has 1 aromatic heterocycles. The average molecular weight is 274 g/mol. The lowest BCUT2D eigenvalue weighted by molar-refractivity contribution is 0.0704. The van der Waals surface area contributed by atoms with Gasteiger partial charge in [-0.1, -0.05) is 6.92 Å². The second-order valence-electron chi connectivity index (χ2n) is 4.86. The van der Waals surface area contributed by atoms with E-state index in [4.69, 9.17) is 5.26 Å². The van der Waals surface area contributed by atoms with Gasteiger partial charge in [-0.15, -0.1) is 0 Å². The highest BCUT2D eigenvalue weighted by Crippen LogP contribution is 2.10. The lowest BCUT2D eigenvalue weighted by atomic mass is 10.2. The molecule has 1 heterocycles. The van der Waals surface area contributed by atoms with Crippen LogP contribution < -0.4 is 5.32 Å². The fourth-order valence-electron chi connectivity index (χ4n) is 1.81. The van der Waals surface area contributed by atoms with Gasteiger partial charge in [0.05, 0.1) is 24.4 Å². The number of anilines is 1. The minimum atomic E-state index is -0.128. The average Bonchev–Trinajstić information content (AvgIpc) is 2.45. The number of carbonyl (C=O) groups is 1. The molecule has 1 rings (SSSR count). The summed E-state index contributed by atoms with van der Waals surface area (Å²) in [5, 5.41) is 11.9. The number of pyridine rings is 1. The summed E-state index contributed by atoms with van der Waals surface area (Å²) in [5.41, 5.74) is 1.33. The third-order valence-corrected chi connectivity index (χ3v) is 2.91. The monoisotopic (exact) mass is 274 g/mol. The van der Waals surface area contributed by atoms with Crippen molar-refractivity contribution in [2.75, 3.05) is 18.4 Å². The first-order valence-corrected chi connectivity index (χ1v) is 6.98. The van der Waals surface area contributed by atoms with E-state index in [0.717, 1.165) is 18.7 Å². The van der Waals surface area contributed by atoms with Crippen molar-refractivity contribution >= 4 is 11.6 Å². The van der Waals surface area contributed by atoms with Crippen LogP contribution in [0.1, 0.15) is 44.1 Å². The van der Waals surface area contributed by atoms with Crippen LogP contribution in [0.2, 0.25) is 0 Å². The maximum atomic E-state index is 12.4. The van der Waals surface area contributed by atoms with Crippen LogP contribution in [0, 0.1) is 11.3 Å². The highest BCUT2D eigenvalue weighted by molar-refractivity contribution is 5.92. The van der Waals surface area contributed by atoms with Gasteiger partial charge in [0.25, 0.3) is 5.91 Å². The molecule has 20 heavy (non-hydrogen) atoms. The molecular formula is C15H22N4O. The molecule has 0 aliphatic rings. The van der Waals surface area contributed by atoms with Gasteiger partial charge < -0.3 is 10.2 Å². The van der Waals surface area contributed by atoms with E-state index in [2.05, 4.69) is 23.3 Å². The Morgan fingerprint density at radius 1 is 1.50 bits per heavy atom. The van der Waals surface area contributed by atoms with E-state index in [1.165, 1.54) is 0 Å². The number of hydrogen-bond acceptors (Lipinski definition) is 4. The van der Waals surface area contributed by atoms with E-state index in [9.17, 15) is 4.79 Å². The zero-order valence-electron chi connectivity index (χ0n) is 12.4. The highest BCUT2D eigenvalue weighted by atomic mass is 16.2. The van der Waals surface area contributed by atoms with E-state index >= 15 is 0 Å². The first kappa shape index (κ1) is 16.0. The zero-order chi connectivity index (χ0) is 15.0. The van der Waals surface area contributed by atoms with Crippen molar-refractivity contribution in [2.45, 2.75) is 39.7 Å². The fourth-order valence-corrected chi connectivity index (χ4v) is 1.81. The molecule has 5 heteroatoms. The molecule has 0 aliphatic heterocycles. The van der Waals surface area contributed by atoms with E-state index < -0.39 is 0 Å². The van der Waals surface area contributed by atoms with Gasteiger partial charge in [0.2, 0.25) is 0 Å². The Hall–Kier alpha value is -2.09.